The maximum atomic E-state index is 13.2. The molecule has 1 aliphatic heterocycles. The van der Waals surface area contributed by atoms with Gasteiger partial charge in [-0.15, -0.1) is 0 Å². The SMILES string of the molecule is O=C(NC12CC3CC(CC(C3)C1)C2)[C@H]1COCC(=O)N1Cc1ccccc1. The van der Waals surface area contributed by atoms with Crippen LogP contribution in [0.2, 0.25) is 0 Å². The molecule has 0 unspecified atom stereocenters. The molecule has 5 nitrogen and oxygen atoms in total. The summed E-state index contributed by atoms with van der Waals surface area (Å²) in [6, 6.07) is 9.35. The molecule has 2 amide bonds. The monoisotopic (exact) mass is 368 g/mol. The molecule has 27 heavy (non-hydrogen) atoms. The average Bonchev–Trinajstić information content (AvgIpc) is 2.62. The number of ether oxygens (including phenoxy) is 1. The number of rotatable bonds is 4. The molecule has 5 aliphatic rings. The first-order valence-electron chi connectivity index (χ1n) is 10.3. The number of nitrogens with one attached hydrogen (secondary N) is 1. The normalized spacial score (nSPS) is 37.5. The molecule has 144 valence electrons. The van der Waals surface area contributed by atoms with Crippen LogP contribution < -0.4 is 5.32 Å². The highest BCUT2D eigenvalue weighted by molar-refractivity contribution is 5.89. The molecular weight excluding hydrogens is 340 g/mol. The third-order valence-corrected chi connectivity index (χ3v) is 7.12. The van der Waals surface area contributed by atoms with Gasteiger partial charge in [0, 0.05) is 12.1 Å². The second kappa shape index (κ2) is 6.62. The number of morpholine rings is 1. The summed E-state index contributed by atoms with van der Waals surface area (Å²) in [4.78, 5) is 27.4. The number of nitrogens with zero attached hydrogens (tertiary/aromatic N) is 1. The Morgan fingerprint density at radius 2 is 1.70 bits per heavy atom. The van der Waals surface area contributed by atoms with E-state index in [1.54, 1.807) is 4.90 Å². The minimum absolute atomic E-state index is 0.0269. The van der Waals surface area contributed by atoms with Gasteiger partial charge >= 0.3 is 0 Å². The lowest BCUT2D eigenvalue weighted by Gasteiger charge is -2.57. The molecule has 1 aromatic carbocycles. The van der Waals surface area contributed by atoms with Gasteiger partial charge in [-0.05, 0) is 61.8 Å². The number of carbonyl (C=O) groups excluding carboxylic acids is 2. The van der Waals surface area contributed by atoms with Crippen LogP contribution in [0.5, 0.6) is 0 Å². The summed E-state index contributed by atoms with van der Waals surface area (Å²) >= 11 is 0. The van der Waals surface area contributed by atoms with Crippen LogP contribution in [-0.4, -0.2) is 41.5 Å². The van der Waals surface area contributed by atoms with E-state index in [4.69, 9.17) is 4.74 Å². The second-order valence-electron chi connectivity index (χ2n) is 9.23. The molecule has 4 bridgehead atoms. The van der Waals surface area contributed by atoms with Gasteiger partial charge in [0.25, 0.3) is 0 Å². The Morgan fingerprint density at radius 1 is 1.07 bits per heavy atom. The Hall–Kier alpha value is -1.88. The van der Waals surface area contributed by atoms with Crippen molar-refractivity contribution < 1.29 is 14.3 Å². The van der Waals surface area contributed by atoms with Crippen LogP contribution >= 0.6 is 0 Å². The maximum absolute atomic E-state index is 13.2. The highest BCUT2D eigenvalue weighted by Gasteiger charge is 2.52. The van der Waals surface area contributed by atoms with Gasteiger partial charge < -0.3 is 15.0 Å². The number of hydrogen-bond acceptors (Lipinski definition) is 3. The van der Waals surface area contributed by atoms with Gasteiger partial charge in [-0.2, -0.15) is 0 Å². The number of hydrogen-bond donors (Lipinski definition) is 1. The molecule has 1 heterocycles. The third-order valence-electron chi connectivity index (χ3n) is 7.12. The van der Waals surface area contributed by atoms with Crippen LogP contribution in [0, 0.1) is 17.8 Å². The third kappa shape index (κ3) is 3.27. The Balaban J connectivity index is 1.32. The highest BCUT2D eigenvalue weighted by atomic mass is 16.5. The lowest BCUT2D eigenvalue weighted by Crippen LogP contribution is -2.64. The molecular formula is C22H28N2O3. The van der Waals surface area contributed by atoms with E-state index in [9.17, 15) is 9.59 Å². The Bertz CT molecular complexity index is 697. The van der Waals surface area contributed by atoms with Gasteiger partial charge in [-0.25, -0.2) is 0 Å². The molecule has 0 spiro atoms. The fourth-order valence-corrected chi connectivity index (χ4v) is 6.41. The van der Waals surface area contributed by atoms with E-state index in [0.717, 1.165) is 42.6 Å². The Labute approximate surface area is 160 Å². The molecule has 1 atom stereocenters. The van der Waals surface area contributed by atoms with Gasteiger partial charge in [0.1, 0.15) is 12.6 Å². The molecule has 5 fully saturated rings. The summed E-state index contributed by atoms with van der Waals surface area (Å²) in [5.74, 6) is 2.21. The standard InChI is InChI=1S/C22H28N2O3/c25-20-14-27-13-19(24(20)12-15-4-2-1-3-5-15)21(26)23-22-9-16-6-17(10-22)8-18(7-16)11-22/h1-5,16-19H,6-14H2,(H,23,26)/t16?,17?,18?,19-,22?/m1/s1. The fourth-order valence-electron chi connectivity index (χ4n) is 6.41. The first kappa shape index (κ1) is 17.2. The van der Waals surface area contributed by atoms with Crippen molar-refractivity contribution in [3.05, 3.63) is 35.9 Å². The molecule has 1 N–H and O–H groups in total. The number of benzene rings is 1. The lowest BCUT2D eigenvalue weighted by molar-refractivity contribution is -0.157. The van der Waals surface area contributed by atoms with E-state index in [1.165, 1.54) is 19.3 Å². The Kier molecular flexibility index (Phi) is 4.23. The summed E-state index contributed by atoms with van der Waals surface area (Å²) < 4.78 is 5.45. The van der Waals surface area contributed by atoms with Crippen LogP contribution in [0.15, 0.2) is 30.3 Å². The summed E-state index contributed by atoms with van der Waals surface area (Å²) in [6.07, 6.45) is 7.39. The summed E-state index contributed by atoms with van der Waals surface area (Å²) in [5, 5.41) is 3.42. The minimum Gasteiger partial charge on any atom is -0.369 e. The van der Waals surface area contributed by atoms with Gasteiger partial charge in [0.2, 0.25) is 11.8 Å². The van der Waals surface area contributed by atoms with Crippen molar-refractivity contribution in [3.63, 3.8) is 0 Å². The number of carbonyl (C=O) groups is 2. The van der Waals surface area contributed by atoms with Crippen molar-refractivity contribution in [1.29, 1.82) is 0 Å². The van der Waals surface area contributed by atoms with Crippen molar-refractivity contribution in [2.24, 2.45) is 17.8 Å². The van der Waals surface area contributed by atoms with E-state index in [2.05, 4.69) is 5.32 Å². The van der Waals surface area contributed by atoms with Crippen molar-refractivity contribution in [3.8, 4) is 0 Å². The van der Waals surface area contributed by atoms with Crippen LogP contribution in [-0.2, 0) is 20.9 Å². The van der Waals surface area contributed by atoms with E-state index < -0.39 is 6.04 Å². The van der Waals surface area contributed by atoms with Crippen LogP contribution in [0.25, 0.3) is 0 Å². The number of amides is 2. The topological polar surface area (TPSA) is 58.6 Å². The van der Waals surface area contributed by atoms with Gasteiger partial charge in [0.05, 0.1) is 6.61 Å². The van der Waals surface area contributed by atoms with E-state index >= 15 is 0 Å². The smallest absolute Gasteiger partial charge is 0.249 e. The molecule has 4 aliphatic carbocycles. The molecule has 4 saturated carbocycles. The van der Waals surface area contributed by atoms with Crippen LogP contribution in [0.3, 0.4) is 0 Å². The molecule has 5 heteroatoms. The molecule has 6 rings (SSSR count). The zero-order valence-corrected chi connectivity index (χ0v) is 15.7. The van der Waals surface area contributed by atoms with E-state index in [0.29, 0.717) is 6.54 Å². The summed E-state index contributed by atoms with van der Waals surface area (Å²) in [6.45, 7) is 0.812. The minimum atomic E-state index is -0.528. The maximum Gasteiger partial charge on any atom is 0.249 e. The molecule has 0 radical (unpaired) electrons. The van der Waals surface area contributed by atoms with E-state index in [1.807, 2.05) is 30.3 Å². The highest BCUT2D eigenvalue weighted by Crippen LogP contribution is 2.55. The summed E-state index contributed by atoms with van der Waals surface area (Å²) in [5.41, 5.74) is 1.01. The van der Waals surface area contributed by atoms with Crippen molar-refractivity contribution in [1.82, 2.24) is 10.2 Å². The molecule has 1 saturated heterocycles. The first-order chi connectivity index (χ1) is 13.1. The van der Waals surface area contributed by atoms with E-state index in [-0.39, 0.29) is 30.6 Å². The van der Waals surface area contributed by atoms with Crippen LogP contribution in [0.1, 0.15) is 44.1 Å². The predicted molar refractivity (Wildman–Crippen MR) is 101 cm³/mol. The fraction of sp³-hybridized carbons (Fsp3) is 0.636. The average molecular weight is 368 g/mol. The van der Waals surface area contributed by atoms with Gasteiger partial charge in [-0.3, -0.25) is 9.59 Å². The lowest BCUT2D eigenvalue weighted by atomic mass is 9.53. The summed E-state index contributed by atoms with van der Waals surface area (Å²) in [7, 11) is 0. The zero-order chi connectivity index (χ0) is 18.4. The molecule has 0 aromatic heterocycles. The quantitative estimate of drug-likeness (QED) is 0.888. The Morgan fingerprint density at radius 3 is 2.33 bits per heavy atom. The van der Waals surface area contributed by atoms with Crippen LogP contribution in [0.4, 0.5) is 0 Å². The van der Waals surface area contributed by atoms with Crippen molar-refractivity contribution >= 4 is 11.8 Å². The van der Waals surface area contributed by atoms with Gasteiger partial charge in [-0.1, -0.05) is 30.3 Å². The predicted octanol–water partition coefficient (Wildman–Crippen LogP) is 2.50. The second-order valence-corrected chi connectivity index (χ2v) is 9.23. The van der Waals surface area contributed by atoms with Crippen molar-refractivity contribution in [2.75, 3.05) is 13.2 Å². The molecule has 1 aromatic rings. The zero-order valence-electron chi connectivity index (χ0n) is 15.7. The first-order valence-corrected chi connectivity index (χ1v) is 10.3. The van der Waals surface area contributed by atoms with Gasteiger partial charge in [0.15, 0.2) is 0 Å². The largest absolute Gasteiger partial charge is 0.369 e. The van der Waals surface area contributed by atoms with Crippen molar-refractivity contribution in [2.45, 2.75) is 56.7 Å².